The number of nitrogens with one attached hydrogen (secondary N) is 1. The van der Waals surface area contributed by atoms with Gasteiger partial charge in [-0.1, -0.05) is 11.6 Å². The Bertz CT molecular complexity index is 448. The summed E-state index contributed by atoms with van der Waals surface area (Å²) in [4.78, 5) is 22.6. The van der Waals surface area contributed by atoms with Crippen LogP contribution in [0.15, 0.2) is 18.2 Å². The fourth-order valence-electron chi connectivity index (χ4n) is 1.29. The number of ether oxygens (including phenoxy) is 2. The molecule has 0 saturated heterocycles. The standard InChI is InChI=1S/C12H14ClNO4/c1-3-18-12(16)7-11(15)14-8-4-5-10(17-2)9(13)6-8/h4-6H,3,7H2,1-2H3,(H,14,15). The van der Waals surface area contributed by atoms with E-state index in [1.165, 1.54) is 7.11 Å². The number of halogens is 1. The molecule has 0 spiro atoms. The molecule has 0 aliphatic rings. The second-order valence-electron chi connectivity index (χ2n) is 3.38. The Balaban J connectivity index is 2.59. The van der Waals surface area contributed by atoms with Gasteiger partial charge in [0, 0.05) is 5.69 Å². The third-order valence-corrected chi connectivity index (χ3v) is 2.34. The summed E-state index contributed by atoms with van der Waals surface area (Å²) in [5, 5.41) is 2.92. The minimum Gasteiger partial charge on any atom is -0.495 e. The monoisotopic (exact) mass is 271 g/mol. The van der Waals surface area contributed by atoms with Gasteiger partial charge >= 0.3 is 5.97 Å². The van der Waals surface area contributed by atoms with Gasteiger partial charge in [0.1, 0.15) is 12.2 Å². The molecule has 1 amide bonds. The number of carbonyl (C=O) groups is 2. The summed E-state index contributed by atoms with van der Waals surface area (Å²) < 4.78 is 9.65. The van der Waals surface area contributed by atoms with E-state index in [2.05, 4.69) is 10.1 Å². The van der Waals surface area contributed by atoms with Crippen LogP contribution in [0.25, 0.3) is 0 Å². The van der Waals surface area contributed by atoms with Crippen molar-refractivity contribution >= 4 is 29.2 Å². The van der Waals surface area contributed by atoms with Crippen molar-refractivity contribution in [2.75, 3.05) is 19.0 Å². The molecule has 0 aromatic heterocycles. The van der Waals surface area contributed by atoms with Crippen LogP contribution in [0, 0.1) is 0 Å². The Labute approximate surface area is 110 Å². The number of methoxy groups -OCH3 is 1. The molecule has 5 nitrogen and oxygen atoms in total. The molecule has 0 fully saturated rings. The first-order valence-electron chi connectivity index (χ1n) is 5.35. The number of carbonyl (C=O) groups excluding carboxylic acids is 2. The number of anilines is 1. The molecule has 0 unspecified atom stereocenters. The number of rotatable bonds is 5. The van der Waals surface area contributed by atoms with E-state index in [0.29, 0.717) is 16.5 Å². The molecule has 0 bridgehead atoms. The van der Waals surface area contributed by atoms with Crippen molar-refractivity contribution in [1.29, 1.82) is 0 Å². The van der Waals surface area contributed by atoms with Gasteiger partial charge in [0.05, 0.1) is 18.7 Å². The van der Waals surface area contributed by atoms with Gasteiger partial charge in [0.2, 0.25) is 5.91 Å². The van der Waals surface area contributed by atoms with Crippen LogP contribution in [0.2, 0.25) is 5.02 Å². The average molecular weight is 272 g/mol. The fraction of sp³-hybridized carbons (Fsp3) is 0.333. The molecule has 0 aliphatic heterocycles. The summed E-state index contributed by atoms with van der Waals surface area (Å²) in [6, 6.07) is 4.81. The lowest BCUT2D eigenvalue weighted by Crippen LogP contribution is -2.18. The number of hydrogen-bond acceptors (Lipinski definition) is 4. The normalized spacial score (nSPS) is 9.72. The van der Waals surface area contributed by atoms with Crippen LogP contribution in [0.5, 0.6) is 5.75 Å². The van der Waals surface area contributed by atoms with Crippen LogP contribution >= 0.6 is 11.6 Å². The van der Waals surface area contributed by atoms with E-state index in [0.717, 1.165) is 0 Å². The Kier molecular flexibility index (Phi) is 5.45. The van der Waals surface area contributed by atoms with Gasteiger partial charge in [0.25, 0.3) is 0 Å². The number of benzene rings is 1. The van der Waals surface area contributed by atoms with Gasteiger partial charge in [-0.2, -0.15) is 0 Å². The lowest BCUT2D eigenvalue weighted by molar-refractivity contribution is -0.145. The topological polar surface area (TPSA) is 64.6 Å². The third-order valence-electron chi connectivity index (χ3n) is 2.05. The minimum atomic E-state index is -0.561. The van der Waals surface area contributed by atoms with E-state index < -0.39 is 11.9 Å². The average Bonchev–Trinajstić information content (AvgIpc) is 2.29. The quantitative estimate of drug-likeness (QED) is 0.659. The van der Waals surface area contributed by atoms with Crippen molar-refractivity contribution in [2.24, 2.45) is 0 Å². The van der Waals surface area contributed by atoms with Crippen LogP contribution in [-0.2, 0) is 14.3 Å². The van der Waals surface area contributed by atoms with E-state index in [9.17, 15) is 9.59 Å². The molecule has 6 heteroatoms. The lowest BCUT2D eigenvalue weighted by Gasteiger charge is -2.07. The number of esters is 1. The molecular weight excluding hydrogens is 258 g/mol. The van der Waals surface area contributed by atoms with Crippen molar-refractivity contribution in [2.45, 2.75) is 13.3 Å². The second-order valence-corrected chi connectivity index (χ2v) is 3.79. The van der Waals surface area contributed by atoms with Crippen molar-refractivity contribution < 1.29 is 19.1 Å². The van der Waals surface area contributed by atoms with Gasteiger partial charge in [0.15, 0.2) is 0 Å². The predicted molar refractivity (Wildman–Crippen MR) is 67.9 cm³/mol. The highest BCUT2D eigenvalue weighted by atomic mass is 35.5. The Morgan fingerprint density at radius 3 is 2.67 bits per heavy atom. The van der Waals surface area contributed by atoms with E-state index >= 15 is 0 Å². The Hall–Kier alpha value is -1.75. The number of hydrogen-bond donors (Lipinski definition) is 1. The molecule has 1 aromatic rings. The zero-order valence-electron chi connectivity index (χ0n) is 10.2. The first-order chi connectivity index (χ1) is 8.56. The van der Waals surface area contributed by atoms with Crippen LogP contribution in [0.1, 0.15) is 13.3 Å². The van der Waals surface area contributed by atoms with Crippen molar-refractivity contribution in [3.05, 3.63) is 23.2 Å². The molecule has 0 radical (unpaired) electrons. The van der Waals surface area contributed by atoms with Gasteiger partial charge in [-0.3, -0.25) is 9.59 Å². The fourth-order valence-corrected chi connectivity index (χ4v) is 1.55. The molecule has 0 atom stereocenters. The Morgan fingerprint density at radius 1 is 1.39 bits per heavy atom. The molecule has 0 aliphatic carbocycles. The summed E-state index contributed by atoms with van der Waals surface area (Å²) >= 11 is 5.90. The van der Waals surface area contributed by atoms with Crippen LogP contribution in [0.3, 0.4) is 0 Å². The molecular formula is C12H14ClNO4. The van der Waals surface area contributed by atoms with E-state index in [1.807, 2.05) is 0 Å². The molecule has 1 rings (SSSR count). The second kappa shape index (κ2) is 6.86. The maximum atomic E-state index is 11.5. The Morgan fingerprint density at radius 2 is 2.11 bits per heavy atom. The highest BCUT2D eigenvalue weighted by molar-refractivity contribution is 6.32. The first-order valence-corrected chi connectivity index (χ1v) is 5.73. The lowest BCUT2D eigenvalue weighted by atomic mass is 10.3. The zero-order valence-corrected chi connectivity index (χ0v) is 10.9. The summed E-state index contributed by atoms with van der Waals surface area (Å²) in [5.41, 5.74) is 0.495. The predicted octanol–water partition coefficient (Wildman–Crippen LogP) is 2.24. The maximum Gasteiger partial charge on any atom is 0.315 e. The van der Waals surface area contributed by atoms with Crippen molar-refractivity contribution in [3.63, 3.8) is 0 Å². The summed E-state index contributed by atoms with van der Waals surface area (Å²) in [6.45, 7) is 1.93. The van der Waals surface area contributed by atoms with E-state index in [4.69, 9.17) is 16.3 Å². The number of amides is 1. The van der Waals surface area contributed by atoms with Crippen LogP contribution < -0.4 is 10.1 Å². The molecule has 0 heterocycles. The maximum absolute atomic E-state index is 11.5. The summed E-state index contributed by atoms with van der Waals surface area (Å²) in [6.07, 6.45) is -0.322. The summed E-state index contributed by atoms with van der Waals surface area (Å²) in [7, 11) is 1.50. The minimum absolute atomic E-state index is 0.250. The molecule has 18 heavy (non-hydrogen) atoms. The third kappa shape index (κ3) is 4.25. The SMILES string of the molecule is CCOC(=O)CC(=O)Nc1ccc(OC)c(Cl)c1. The van der Waals surface area contributed by atoms with E-state index in [-0.39, 0.29) is 13.0 Å². The van der Waals surface area contributed by atoms with Crippen molar-refractivity contribution in [3.8, 4) is 5.75 Å². The zero-order chi connectivity index (χ0) is 13.5. The largest absolute Gasteiger partial charge is 0.495 e. The van der Waals surface area contributed by atoms with Crippen molar-refractivity contribution in [1.82, 2.24) is 0 Å². The smallest absolute Gasteiger partial charge is 0.315 e. The molecule has 0 saturated carbocycles. The first kappa shape index (κ1) is 14.3. The van der Waals surface area contributed by atoms with Gasteiger partial charge < -0.3 is 14.8 Å². The molecule has 1 N–H and O–H groups in total. The highest BCUT2D eigenvalue weighted by Crippen LogP contribution is 2.27. The van der Waals surface area contributed by atoms with Gasteiger partial charge in [-0.25, -0.2) is 0 Å². The molecule has 1 aromatic carbocycles. The highest BCUT2D eigenvalue weighted by Gasteiger charge is 2.11. The van der Waals surface area contributed by atoms with Gasteiger partial charge in [-0.15, -0.1) is 0 Å². The van der Waals surface area contributed by atoms with Gasteiger partial charge in [-0.05, 0) is 25.1 Å². The molecule has 98 valence electrons. The van der Waals surface area contributed by atoms with Crippen LogP contribution in [-0.4, -0.2) is 25.6 Å². The van der Waals surface area contributed by atoms with Crippen LogP contribution in [0.4, 0.5) is 5.69 Å². The van der Waals surface area contributed by atoms with E-state index in [1.54, 1.807) is 25.1 Å². The summed E-state index contributed by atoms with van der Waals surface area (Å²) in [5.74, 6) is -0.496.